The number of allylic oxidation sites excluding steroid dienone is 2. The van der Waals surface area contributed by atoms with Gasteiger partial charge in [-0.3, -0.25) is 9.59 Å². The maximum Gasteiger partial charge on any atom is 0.306 e. The van der Waals surface area contributed by atoms with Gasteiger partial charge in [-0.25, -0.2) is 0 Å². The Bertz CT molecular complexity index is 720. The van der Waals surface area contributed by atoms with Crippen LogP contribution in [0.15, 0.2) is 12.2 Å². The number of rotatable bonds is 41. The highest BCUT2D eigenvalue weighted by Crippen LogP contribution is 2.14. The topological polar surface area (TPSA) is 61.8 Å². The van der Waals surface area contributed by atoms with E-state index in [4.69, 9.17) is 14.2 Å². The van der Waals surface area contributed by atoms with Gasteiger partial charge in [-0.2, -0.15) is 0 Å². The number of carbonyl (C=O) groups is 2. The summed E-state index contributed by atoms with van der Waals surface area (Å²) in [6, 6.07) is 0. The largest absolute Gasteiger partial charge is 0.462 e. The third kappa shape index (κ3) is 39.4. The van der Waals surface area contributed by atoms with Gasteiger partial charge < -0.3 is 14.2 Å². The summed E-state index contributed by atoms with van der Waals surface area (Å²) in [7, 11) is 0. The Morgan fingerprint density at radius 1 is 0.420 bits per heavy atom. The van der Waals surface area contributed by atoms with E-state index in [-0.39, 0.29) is 18.5 Å². The first kappa shape index (κ1) is 48.6. The Kier molecular flexibility index (Phi) is 40.9. The van der Waals surface area contributed by atoms with E-state index in [1.807, 2.05) is 0 Å². The standard InChI is InChI=1S/C45H86O5/c1-4-7-10-13-16-18-20-22-23-24-25-27-30-32-35-38-44(46)49-42-43(50-45(47)39-36-33-29-15-12-9-6-3)41-48-40-37-34-31-28-26-21-19-17-14-11-8-5-2/h22-23,43H,4-21,24-42H2,1-3H3/b23-22-. The molecule has 0 rings (SSSR count). The summed E-state index contributed by atoms with van der Waals surface area (Å²) in [5.74, 6) is -0.400. The first-order valence-corrected chi connectivity index (χ1v) is 22.2. The molecule has 0 aromatic heterocycles. The fourth-order valence-corrected chi connectivity index (χ4v) is 6.45. The second-order valence-corrected chi connectivity index (χ2v) is 15.0. The van der Waals surface area contributed by atoms with Crippen molar-refractivity contribution in [3.05, 3.63) is 12.2 Å². The van der Waals surface area contributed by atoms with Crippen LogP contribution in [0.2, 0.25) is 0 Å². The maximum absolute atomic E-state index is 12.6. The van der Waals surface area contributed by atoms with E-state index in [1.165, 1.54) is 167 Å². The van der Waals surface area contributed by atoms with Crippen molar-refractivity contribution in [2.75, 3.05) is 19.8 Å². The van der Waals surface area contributed by atoms with Crippen LogP contribution in [0.3, 0.4) is 0 Å². The normalized spacial score (nSPS) is 12.1. The SMILES string of the molecule is CCCCCCCC/C=C\CCCCCCCC(=O)OCC(COCCCCCCCCCCCCCC)OC(=O)CCCCCCCCC. The monoisotopic (exact) mass is 707 g/mol. The second-order valence-electron chi connectivity index (χ2n) is 15.0. The molecule has 5 nitrogen and oxygen atoms in total. The molecule has 0 N–H and O–H groups in total. The minimum atomic E-state index is -0.526. The zero-order valence-electron chi connectivity index (χ0n) is 33.9. The molecule has 296 valence electrons. The lowest BCUT2D eigenvalue weighted by molar-refractivity contribution is -0.163. The van der Waals surface area contributed by atoms with E-state index in [2.05, 4.69) is 32.9 Å². The molecule has 0 amide bonds. The number of hydrogen-bond acceptors (Lipinski definition) is 5. The van der Waals surface area contributed by atoms with E-state index in [0.29, 0.717) is 26.1 Å². The molecule has 0 fully saturated rings. The van der Waals surface area contributed by atoms with Gasteiger partial charge in [0.2, 0.25) is 0 Å². The van der Waals surface area contributed by atoms with Crippen molar-refractivity contribution in [3.63, 3.8) is 0 Å². The van der Waals surface area contributed by atoms with E-state index in [0.717, 1.165) is 38.5 Å². The van der Waals surface area contributed by atoms with Crippen molar-refractivity contribution in [2.24, 2.45) is 0 Å². The molecular formula is C45H86O5. The predicted molar refractivity (Wildman–Crippen MR) is 215 cm³/mol. The molecule has 0 aromatic rings. The third-order valence-electron chi connectivity index (χ3n) is 9.80. The van der Waals surface area contributed by atoms with Crippen LogP contribution in [-0.4, -0.2) is 37.9 Å². The minimum Gasteiger partial charge on any atom is -0.462 e. The molecule has 0 bridgehead atoms. The van der Waals surface area contributed by atoms with Gasteiger partial charge in [0, 0.05) is 19.4 Å². The van der Waals surface area contributed by atoms with Crippen molar-refractivity contribution in [1.29, 1.82) is 0 Å². The summed E-state index contributed by atoms with van der Waals surface area (Å²) in [6.45, 7) is 7.81. The molecule has 0 radical (unpaired) electrons. The predicted octanol–water partition coefficient (Wildman–Crippen LogP) is 14.3. The van der Waals surface area contributed by atoms with E-state index in [1.54, 1.807) is 0 Å². The van der Waals surface area contributed by atoms with Crippen LogP contribution in [-0.2, 0) is 23.8 Å². The molecule has 1 unspecified atom stereocenters. The molecule has 1 atom stereocenters. The number of carbonyl (C=O) groups excluding carboxylic acids is 2. The average molecular weight is 707 g/mol. The summed E-state index contributed by atoms with van der Waals surface area (Å²) >= 11 is 0. The second kappa shape index (κ2) is 42.1. The molecule has 0 aliphatic carbocycles. The zero-order chi connectivity index (χ0) is 36.4. The first-order valence-electron chi connectivity index (χ1n) is 22.2. The zero-order valence-corrected chi connectivity index (χ0v) is 33.9. The highest BCUT2D eigenvalue weighted by atomic mass is 16.6. The lowest BCUT2D eigenvalue weighted by Crippen LogP contribution is -2.30. The van der Waals surface area contributed by atoms with Crippen LogP contribution in [0.5, 0.6) is 0 Å². The van der Waals surface area contributed by atoms with E-state index >= 15 is 0 Å². The van der Waals surface area contributed by atoms with Gasteiger partial charge in [0.05, 0.1) is 6.61 Å². The molecule has 0 heterocycles. The van der Waals surface area contributed by atoms with Gasteiger partial charge >= 0.3 is 11.9 Å². The number of hydrogen-bond donors (Lipinski definition) is 0. The highest BCUT2D eigenvalue weighted by molar-refractivity contribution is 5.70. The molecule has 0 aliphatic heterocycles. The Morgan fingerprint density at radius 2 is 0.780 bits per heavy atom. The van der Waals surface area contributed by atoms with Gasteiger partial charge in [0.1, 0.15) is 6.61 Å². The molecule has 5 heteroatoms. The molecule has 50 heavy (non-hydrogen) atoms. The number of esters is 2. The average Bonchev–Trinajstić information content (AvgIpc) is 3.11. The van der Waals surface area contributed by atoms with Crippen molar-refractivity contribution in [3.8, 4) is 0 Å². The van der Waals surface area contributed by atoms with Crippen LogP contribution in [0, 0.1) is 0 Å². The Labute approximate surface area is 312 Å². The van der Waals surface area contributed by atoms with Gasteiger partial charge in [-0.15, -0.1) is 0 Å². The van der Waals surface area contributed by atoms with Crippen molar-refractivity contribution in [1.82, 2.24) is 0 Å². The molecule has 0 aromatic carbocycles. The Hall–Kier alpha value is -1.36. The fourth-order valence-electron chi connectivity index (χ4n) is 6.45. The minimum absolute atomic E-state index is 0.0884. The van der Waals surface area contributed by atoms with Crippen LogP contribution >= 0.6 is 0 Å². The Morgan fingerprint density at radius 3 is 1.22 bits per heavy atom. The summed E-state index contributed by atoms with van der Waals surface area (Å²) in [6.07, 6.45) is 45.0. The smallest absolute Gasteiger partial charge is 0.306 e. The van der Waals surface area contributed by atoms with Gasteiger partial charge in [0.15, 0.2) is 6.10 Å². The lowest BCUT2D eigenvalue weighted by Gasteiger charge is -2.18. The van der Waals surface area contributed by atoms with Crippen LogP contribution in [0.1, 0.15) is 239 Å². The number of unbranched alkanes of at least 4 members (excludes halogenated alkanes) is 28. The third-order valence-corrected chi connectivity index (χ3v) is 9.80. The molecule has 0 aliphatic rings. The van der Waals surface area contributed by atoms with Crippen LogP contribution in [0.4, 0.5) is 0 Å². The van der Waals surface area contributed by atoms with Gasteiger partial charge in [-0.1, -0.05) is 193 Å². The summed E-state index contributed by atoms with van der Waals surface area (Å²) < 4.78 is 17.2. The van der Waals surface area contributed by atoms with E-state index < -0.39 is 6.10 Å². The summed E-state index contributed by atoms with van der Waals surface area (Å²) in [4.78, 5) is 25.1. The molecule has 0 saturated carbocycles. The van der Waals surface area contributed by atoms with Gasteiger partial charge in [0.25, 0.3) is 0 Å². The lowest BCUT2D eigenvalue weighted by atomic mass is 10.1. The van der Waals surface area contributed by atoms with Crippen LogP contribution < -0.4 is 0 Å². The highest BCUT2D eigenvalue weighted by Gasteiger charge is 2.17. The van der Waals surface area contributed by atoms with Crippen LogP contribution in [0.25, 0.3) is 0 Å². The quantitative estimate of drug-likeness (QED) is 0.0360. The molecule has 0 spiro atoms. The molecule has 0 saturated heterocycles. The summed E-state index contributed by atoms with van der Waals surface area (Å²) in [5, 5.41) is 0. The van der Waals surface area contributed by atoms with Crippen molar-refractivity contribution >= 4 is 11.9 Å². The summed E-state index contributed by atoms with van der Waals surface area (Å²) in [5.41, 5.74) is 0. The maximum atomic E-state index is 12.6. The van der Waals surface area contributed by atoms with Crippen molar-refractivity contribution in [2.45, 2.75) is 245 Å². The van der Waals surface area contributed by atoms with E-state index in [9.17, 15) is 9.59 Å². The Balaban J connectivity index is 4.13. The van der Waals surface area contributed by atoms with Gasteiger partial charge in [-0.05, 0) is 44.9 Å². The fraction of sp³-hybridized carbons (Fsp3) is 0.911. The molecular weight excluding hydrogens is 620 g/mol. The first-order chi connectivity index (χ1) is 24.6. The van der Waals surface area contributed by atoms with Crippen molar-refractivity contribution < 1.29 is 23.8 Å². The number of ether oxygens (including phenoxy) is 3.